The van der Waals surface area contributed by atoms with Gasteiger partial charge in [-0.15, -0.1) is 11.3 Å². The summed E-state index contributed by atoms with van der Waals surface area (Å²) in [5.74, 6) is -16.7. The number of allylic oxidation sites excluding steroid dienone is 2. The van der Waals surface area contributed by atoms with Crippen LogP contribution < -0.4 is 9.47 Å². The molecule has 33 heavy (non-hydrogen) atoms. The molecular weight excluding hydrogens is 470 g/mol. The molecule has 1 aromatic carbocycles. The second-order valence-corrected chi connectivity index (χ2v) is 8.46. The Morgan fingerprint density at radius 2 is 1.45 bits per heavy atom. The van der Waals surface area contributed by atoms with Crippen LogP contribution >= 0.6 is 11.3 Å². The van der Waals surface area contributed by atoms with Gasteiger partial charge in [0.25, 0.3) is 0 Å². The third kappa shape index (κ3) is 3.28. The fourth-order valence-electron chi connectivity index (χ4n) is 3.68. The number of methoxy groups -OCH3 is 2. The van der Waals surface area contributed by atoms with Crippen LogP contribution in [-0.2, 0) is 0 Å². The highest BCUT2D eigenvalue weighted by Gasteiger charge is 2.80. The number of hydrogen-bond acceptors (Lipinski definition) is 5. The predicted octanol–water partition coefficient (Wildman–Crippen LogP) is 6.36. The van der Waals surface area contributed by atoms with Gasteiger partial charge in [0.05, 0.1) is 25.4 Å². The quantitative estimate of drug-likeness (QED) is 0.394. The Kier molecular flexibility index (Phi) is 5.43. The molecule has 1 aliphatic carbocycles. The van der Waals surface area contributed by atoms with E-state index in [4.69, 9.17) is 9.47 Å². The van der Waals surface area contributed by atoms with Gasteiger partial charge in [0, 0.05) is 21.5 Å². The monoisotopic (exact) mass is 486 g/mol. The average molecular weight is 486 g/mol. The second-order valence-electron chi connectivity index (χ2n) is 7.20. The van der Waals surface area contributed by atoms with Crippen LogP contribution in [0.1, 0.15) is 16.0 Å². The first-order valence-electron chi connectivity index (χ1n) is 9.47. The molecule has 0 spiro atoms. The highest BCUT2D eigenvalue weighted by atomic mass is 32.1. The summed E-state index contributed by atoms with van der Waals surface area (Å²) in [6.07, 6.45) is 0.713. The Labute approximate surface area is 188 Å². The molecular formula is C22H16F6N2O2S. The number of aryl methyl sites for hydroxylation is 1. The van der Waals surface area contributed by atoms with E-state index in [0.717, 1.165) is 18.4 Å². The van der Waals surface area contributed by atoms with E-state index >= 15 is 17.6 Å². The number of rotatable bonds is 5. The fourth-order valence-corrected chi connectivity index (χ4v) is 4.72. The van der Waals surface area contributed by atoms with E-state index in [9.17, 15) is 8.78 Å². The lowest BCUT2D eigenvalue weighted by molar-refractivity contribution is -0.254. The summed E-state index contributed by atoms with van der Waals surface area (Å²) in [4.78, 5) is 7.98. The van der Waals surface area contributed by atoms with Crippen molar-refractivity contribution in [3.8, 4) is 22.3 Å². The Morgan fingerprint density at radius 1 is 0.848 bits per heavy atom. The van der Waals surface area contributed by atoms with E-state index in [0.29, 0.717) is 16.6 Å². The molecule has 0 fully saturated rings. The molecule has 4 nitrogen and oxygen atoms in total. The van der Waals surface area contributed by atoms with Crippen molar-refractivity contribution < 1.29 is 35.8 Å². The molecule has 0 radical (unpaired) electrons. The van der Waals surface area contributed by atoms with Crippen LogP contribution in [0.2, 0.25) is 0 Å². The molecule has 2 aromatic heterocycles. The minimum Gasteiger partial charge on any atom is -0.480 e. The summed E-state index contributed by atoms with van der Waals surface area (Å²) in [5.41, 5.74) is -3.63. The fraction of sp³-hybridized carbons (Fsp3) is 0.273. The number of halogens is 6. The van der Waals surface area contributed by atoms with E-state index < -0.39 is 45.9 Å². The lowest BCUT2D eigenvalue weighted by atomic mass is 9.96. The molecule has 0 saturated carbocycles. The second kappa shape index (κ2) is 7.75. The predicted molar refractivity (Wildman–Crippen MR) is 111 cm³/mol. The van der Waals surface area contributed by atoms with Gasteiger partial charge >= 0.3 is 23.8 Å². The summed E-state index contributed by atoms with van der Waals surface area (Å²) in [7, 11) is 2.23. The molecule has 174 valence electrons. The minimum atomic E-state index is -5.70. The summed E-state index contributed by atoms with van der Waals surface area (Å²) < 4.78 is 99.1. The van der Waals surface area contributed by atoms with Gasteiger partial charge in [-0.3, -0.25) is 0 Å². The highest BCUT2D eigenvalue weighted by Crippen LogP contribution is 2.66. The van der Waals surface area contributed by atoms with Crippen molar-refractivity contribution in [2.45, 2.75) is 24.7 Å². The van der Waals surface area contributed by atoms with E-state index in [1.54, 1.807) is 30.3 Å². The van der Waals surface area contributed by atoms with Gasteiger partial charge in [-0.2, -0.15) is 31.3 Å². The number of thiophene rings is 1. The Hall–Kier alpha value is -3.08. The van der Waals surface area contributed by atoms with Crippen LogP contribution in [-0.4, -0.2) is 42.0 Å². The molecule has 0 atom stereocenters. The van der Waals surface area contributed by atoms with Gasteiger partial charge in [-0.25, -0.2) is 4.98 Å². The Bertz CT molecular complexity index is 1240. The van der Waals surface area contributed by atoms with Crippen LogP contribution in [0.4, 0.5) is 26.3 Å². The van der Waals surface area contributed by atoms with Crippen molar-refractivity contribution in [3.05, 3.63) is 58.6 Å². The van der Waals surface area contributed by atoms with Crippen molar-refractivity contribution in [2.24, 2.45) is 0 Å². The normalized spacial score (nSPS) is 18.5. The maximum atomic E-state index is 15.1. The first-order valence-corrected chi connectivity index (χ1v) is 10.3. The first kappa shape index (κ1) is 23.1. The number of alkyl halides is 6. The maximum Gasteiger partial charge on any atom is 0.380 e. The topological polar surface area (TPSA) is 44.2 Å². The standard InChI is InChI=1S/C22H16F6N2O2S/c1-11-13(9-15(33-11)12-7-5-4-6-8-12)16-17(21(25,26)22(27,28)20(16,23)24)14-10-29-19(32-3)30-18(14)31-2/h4-10H,1-3H3. The Balaban J connectivity index is 2.05. The lowest BCUT2D eigenvalue weighted by Crippen LogP contribution is -2.48. The van der Waals surface area contributed by atoms with Gasteiger partial charge in [-0.1, -0.05) is 30.3 Å². The largest absolute Gasteiger partial charge is 0.480 e. The van der Waals surface area contributed by atoms with Crippen molar-refractivity contribution in [3.63, 3.8) is 0 Å². The molecule has 0 amide bonds. The summed E-state index contributed by atoms with van der Waals surface area (Å²) in [6.45, 7) is 1.41. The van der Waals surface area contributed by atoms with Crippen molar-refractivity contribution >= 4 is 22.5 Å². The van der Waals surface area contributed by atoms with Gasteiger partial charge < -0.3 is 9.47 Å². The molecule has 1 aliphatic rings. The summed E-state index contributed by atoms with van der Waals surface area (Å²) in [5, 5.41) is 0. The zero-order valence-corrected chi connectivity index (χ0v) is 18.2. The van der Waals surface area contributed by atoms with Gasteiger partial charge in [-0.05, 0) is 24.1 Å². The molecule has 0 saturated heterocycles. The zero-order valence-electron chi connectivity index (χ0n) is 17.4. The van der Waals surface area contributed by atoms with E-state index in [1.165, 1.54) is 20.1 Å². The number of benzene rings is 1. The van der Waals surface area contributed by atoms with Crippen LogP contribution in [0.25, 0.3) is 21.6 Å². The third-order valence-electron chi connectivity index (χ3n) is 5.29. The lowest BCUT2D eigenvalue weighted by Gasteiger charge is -2.25. The Morgan fingerprint density at radius 3 is 2.03 bits per heavy atom. The summed E-state index contributed by atoms with van der Waals surface area (Å²) in [6, 6.07) is 9.46. The molecule has 0 N–H and O–H groups in total. The van der Waals surface area contributed by atoms with Crippen LogP contribution in [0, 0.1) is 6.92 Å². The van der Waals surface area contributed by atoms with Crippen LogP contribution in [0.15, 0.2) is 42.6 Å². The van der Waals surface area contributed by atoms with E-state index in [-0.39, 0.29) is 10.9 Å². The third-order valence-corrected chi connectivity index (χ3v) is 6.39. The molecule has 3 aromatic rings. The SMILES string of the molecule is COc1ncc(C2=C(c3cc(-c4ccccc4)sc3C)C(F)(F)C(F)(F)C2(F)F)c(OC)n1. The number of aromatic nitrogens is 2. The van der Waals surface area contributed by atoms with Crippen LogP contribution in [0.3, 0.4) is 0 Å². The smallest absolute Gasteiger partial charge is 0.380 e. The molecule has 4 rings (SSSR count). The van der Waals surface area contributed by atoms with E-state index in [2.05, 4.69) is 9.97 Å². The van der Waals surface area contributed by atoms with Crippen molar-refractivity contribution in [2.75, 3.05) is 14.2 Å². The van der Waals surface area contributed by atoms with Gasteiger partial charge in [0.1, 0.15) is 0 Å². The van der Waals surface area contributed by atoms with Gasteiger partial charge in [0.2, 0.25) is 5.88 Å². The minimum absolute atomic E-state index is 0.169. The van der Waals surface area contributed by atoms with E-state index in [1.807, 2.05) is 0 Å². The first-order chi connectivity index (χ1) is 15.5. The molecule has 0 bridgehead atoms. The van der Waals surface area contributed by atoms with Gasteiger partial charge in [0.15, 0.2) is 0 Å². The molecule has 11 heteroatoms. The number of ether oxygens (including phenoxy) is 2. The highest BCUT2D eigenvalue weighted by molar-refractivity contribution is 7.15. The zero-order chi connectivity index (χ0) is 24.2. The number of nitrogens with zero attached hydrogens (tertiary/aromatic N) is 2. The molecule has 2 heterocycles. The number of hydrogen-bond donors (Lipinski definition) is 0. The molecule has 0 unspecified atom stereocenters. The van der Waals surface area contributed by atoms with Crippen molar-refractivity contribution in [1.29, 1.82) is 0 Å². The summed E-state index contributed by atoms with van der Waals surface area (Å²) >= 11 is 1.03. The maximum absolute atomic E-state index is 15.1. The van der Waals surface area contributed by atoms with Crippen LogP contribution in [0.5, 0.6) is 11.9 Å². The van der Waals surface area contributed by atoms with Crippen molar-refractivity contribution in [1.82, 2.24) is 9.97 Å². The molecule has 0 aliphatic heterocycles. The average Bonchev–Trinajstić information content (AvgIpc) is 3.21.